The second-order valence-corrected chi connectivity index (χ2v) is 3.62. The average Bonchev–Trinajstić information content (AvgIpc) is 2.03. The predicted octanol–water partition coefficient (Wildman–Crippen LogP) is -1.87. The molecule has 3 radical (unpaired) electrons. The van der Waals surface area contributed by atoms with Gasteiger partial charge in [0.05, 0.1) is 11.8 Å². The molecule has 12 heteroatoms. The van der Waals surface area contributed by atoms with Gasteiger partial charge in [-0.05, 0) is 23.2 Å². The Morgan fingerprint density at radius 2 is 1.50 bits per heavy atom. The molecule has 109 valence electrons. The molecular formula is C6H12BCl3F4N2OS+. The first kappa shape index (κ1) is 31.0. The van der Waals surface area contributed by atoms with Gasteiger partial charge < -0.3 is 23.9 Å². The monoisotopic (exact) mass is 352 g/mol. The lowest BCUT2D eigenvalue weighted by atomic mass is 10.7. The Balaban J connectivity index is -0.0000000475. The van der Waals surface area contributed by atoms with Gasteiger partial charge in [-0.15, -0.1) is 0 Å². The van der Waals surface area contributed by atoms with E-state index in [0.29, 0.717) is 0 Å². The number of carbonyl (C=O) groups is 1. The van der Waals surface area contributed by atoms with Crippen LogP contribution < -0.4 is 23.9 Å². The quantitative estimate of drug-likeness (QED) is 0.264. The van der Waals surface area contributed by atoms with E-state index >= 15 is 0 Å². The summed E-state index contributed by atoms with van der Waals surface area (Å²) < 4.78 is 44.6. The van der Waals surface area contributed by atoms with E-state index in [1.807, 2.05) is 6.26 Å². The molecule has 0 aromatic heterocycles. The van der Waals surface area contributed by atoms with Gasteiger partial charge in [-0.3, -0.25) is 4.79 Å². The molecule has 0 aromatic carbocycles. The SMILES string of the molecule is NC(=O)C(F)(F)Cl.[B].[CH2+]SC.[Cl-].[NH3+]CC(F)(F)Cl. The number of hydrogen-bond donors (Lipinski definition) is 2. The molecule has 0 bridgehead atoms. The van der Waals surface area contributed by atoms with Gasteiger partial charge >= 0.3 is 16.7 Å². The van der Waals surface area contributed by atoms with Gasteiger partial charge in [-0.1, -0.05) is 0 Å². The molecule has 0 spiro atoms. The Hall–Kier alpha value is 0.305. The minimum atomic E-state index is -3.89. The highest BCUT2D eigenvalue weighted by Crippen LogP contribution is 2.16. The summed E-state index contributed by atoms with van der Waals surface area (Å²) in [5.74, 6) is -1.82. The molecule has 0 fully saturated rings. The van der Waals surface area contributed by atoms with Crippen LogP contribution >= 0.6 is 35.0 Å². The fraction of sp³-hybridized carbons (Fsp3) is 0.667. The minimum Gasteiger partial charge on any atom is -1.00 e. The van der Waals surface area contributed by atoms with Crippen molar-refractivity contribution in [3.05, 3.63) is 6.26 Å². The van der Waals surface area contributed by atoms with Crippen LogP contribution in [0.4, 0.5) is 17.6 Å². The fourth-order valence-corrected chi connectivity index (χ4v) is 0. The first-order valence-corrected chi connectivity index (χ1v) is 5.58. The van der Waals surface area contributed by atoms with Gasteiger partial charge in [-0.25, -0.2) is 0 Å². The summed E-state index contributed by atoms with van der Waals surface area (Å²) in [7, 11) is 0. The van der Waals surface area contributed by atoms with Crippen molar-refractivity contribution in [1.82, 2.24) is 0 Å². The highest BCUT2D eigenvalue weighted by atomic mass is 35.5. The van der Waals surface area contributed by atoms with E-state index in [1.165, 1.54) is 11.8 Å². The van der Waals surface area contributed by atoms with E-state index in [0.717, 1.165) is 0 Å². The highest BCUT2D eigenvalue weighted by Gasteiger charge is 2.32. The number of alkyl halides is 6. The van der Waals surface area contributed by atoms with Crippen LogP contribution in [0.2, 0.25) is 0 Å². The number of thioether (sulfide) groups is 1. The molecule has 0 rings (SSSR count). The van der Waals surface area contributed by atoms with Crippen molar-refractivity contribution in [2.75, 3.05) is 12.8 Å². The molecule has 5 N–H and O–H groups in total. The third kappa shape index (κ3) is 44.1. The van der Waals surface area contributed by atoms with Gasteiger partial charge in [0.25, 0.3) is 0 Å². The molecule has 0 heterocycles. The van der Waals surface area contributed by atoms with Crippen LogP contribution in [-0.4, -0.2) is 37.9 Å². The molecule has 0 aliphatic carbocycles. The smallest absolute Gasteiger partial charge is 0.399 e. The third-order valence-corrected chi connectivity index (χ3v) is 0.938. The van der Waals surface area contributed by atoms with Crippen LogP contribution in [0.1, 0.15) is 0 Å². The first-order chi connectivity index (χ1) is 6.92. The summed E-state index contributed by atoms with van der Waals surface area (Å²) >= 11 is 9.88. The molecule has 0 aliphatic heterocycles. The van der Waals surface area contributed by atoms with Crippen LogP contribution in [0.5, 0.6) is 0 Å². The van der Waals surface area contributed by atoms with Gasteiger partial charge in [0.2, 0.25) is 0 Å². The molecule has 0 saturated heterocycles. The third-order valence-electron chi connectivity index (χ3n) is 0.563. The van der Waals surface area contributed by atoms with E-state index in [9.17, 15) is 22.4 Å². The van der Waals surface area contributed by atoms with Gasteiger partial charge in [0, 0.05) is 14.7 Å². The van der Waals surface area contributed by atoms with E-state index in [1.54, 1.807) is 0 Å². The number of carbonyl (C=O) groups excluding carboxylic acids is 1. The highest BCUT2D eigenvalue weighted by molar-refractivity contribution is 7.99. The van der Waals surface area contributed by atoms with Crippen LogP contribution in [0.3, 0.4) is 0 Å². The van der Waals surface area contributed by atoms with Crippen molar-refractivity contribution < 1.29 is 40.5 Å². The molecular weight excluding hydrogens is 341 g/mol. The zero-order chi connectivity index (χ0) is 14.0. The minimum absolute atomic E-state index is 0. The molecule has 0 unspecified atom stereocenters. The Bertz CT molecular complexity index is 195. The zero-order valence-electron chi connectivity index (χ0n) is 9.24. The number of nitrogens with two attached hydrogens (primary N) is 1. The van der Waals surface area contributed by atoms with E-state index < -0.39 is 23.2 Å². The largest absolute Gasteiger partial charge is 1.00 e. The lowest BCUT2D eigenvalue weighted by Crippen LogP contribution is -3.00. The van der Waals surface area contributed by atoms with Crippen molar-refractivity contribution in [3.8, 4) is 0 Å². The number of primary amides is 1. The molecule has 1 amide bonds. The predicted molar refractivity (Wildman–Crippen MR) is 63.2 cm³/mol. The van der Waals surface area contributed by atoms with Crippen LogP contribution in [0.15, 0.2) is 0 Å². The first-order valence-electron chi connectivity index (χ1n) is 3.43. The summed E-state index contributed by atoms with van der Waals surface area (Å²) in [6.45, 7) is -0.547. The van der Waals surface area contributed by atoms with Gasteiger partial charge in [0.15, 0.2) is 6.54 Å². The second kappa shape index (κ2) is 15.4. The van der Waals surface area contributed by atoms with Crippen molar-refractivity contribution >= 4 is 49.3 Å². The molecule has 0 aliphatic rings. The number of hydrogen-bond acceptors (Lipinski definition) is 2. The Morgan fingerprint density at radius 3 is 1.50 bits per heavy atom. The molecule has 0 atom stereocenters. The van der Waals surface area contributed by atoms with Gasteiger partial charge in [-0.2, -0.15) is 17.6 Å². The number of halogens is 7. The Labute approximate surface area is 125 Å². The summed E-state index contributed by atoms with van der Waals surface area (Å²) in [4.78, 5) is 9.36. The van der Waals surface area contributed by atoms with Crippen molar-refractivity contribution in [2.45, 2.75) is 10.8 Å². The maximum atomic E-state index is 11.2. The van der Waals surface area contributed by atoms with Crippen molar-refractivity contribution in [1.29, 1.82) is 0 Å². The number of quaternary nitrogens is 1. The molecule has 18 heavy (non-hydrogen) atoms. The maximum Gasteiger partial charge on any atom is 0.399 e. The van der Waals surface area contributed by atoms with Gasteiger partial charge in [0.1, 0.15) is 6.26 Å². The summed E-state index contributed by atoms with van der Waals surface area (Å²) in [6.07, 6.45) is 5.33. The lowest BCUT2D eigenvalue weighted by Gasteiger charge is -1.97. The standard InChI is InChI=1S/C2H2ClF2NO.C2H4ClF2N.C2H5S.B.ClH/c3-2(4,5)1(6)7;3-2(4,5)1-6;1-3-2;;/h(H2,6,7);1,6H2;1H2,2H3;;1H/q;;+1;;. The van der Waals surface area contributed by atoms with E-state index in [2.05, 4.69) is 40.9 Å². The van der Waals surface area contributed by atoms with Crippen LogP contribution in [-0.2, 0) is 4.79 Å². The van der Waals surface area contributed by atoms with Crippen LogP contribution in [0, 0.1) is 6.26 Å². The molecule has 3 nitrogen and oxygen atoms in total. The average molecular weight is 353 g/mol. The summed E-state index contributed by atoms with van der Waals surface area (Å²) in [5, 5.41) is -6.99. The molecule has 0 aromatic rings. The van der Waals surface area contributed by atoms with E-state index in [-0.39, 0.29) is 20.8 Å². The molecule has 0 saturated carbocycles. The fourth-order valence-electron chi connectivity index (χ4n) is 0. The topological polar surface area (TPSA) is 70.7 Å². The van der Waals surface area contributed by atoms with Crippen molar-refractivity contribution in [3.63, 3.8) is 0 Å². The Kier molecular flexibility index (Phi) is 26.4. The van der Waals surface area contributed by atoms with Crippen LogP contribution in [0.25, 0.3) is 0 Å². The van der Waals surface area contributed by atoms with Crippen molar-refractivity contribution in [2.24, 2.45) is 5.73 Å². The normalized spacial score (nSPS) is 9.33. The number of amides is 1. The summed E-state index contributed by atoms with van der Waals surface area (Å²) in [6, 6.07) is 0. The zero-order valence-corrected chi connectivity index (χ0v) is 12.3. The lowest BCUT2D eigenvalue weighted by molar-refractivity contribution is -0.394. The summed E-state index contributed by atoms with van der Waals surface area (Å²) in [5.41, 5.74) is 6.92. The Morgan fingerprint density at radius 1 is 1.39 bits per heavy atom. The number of rotatable bonds is 2. The van der Waals surface area contributed by atoms with E-state index in [4.69, 9.17) is 0 Å². The maximum absolute atomic E-state index is 11.2. The second-order valence-electron chi connectivity index (χ2n) is 2.02.